The first-order valence-corrected chi connectivity index (χ1v) is 9.07. The van der Waals surface area contributed by atoms with Crippen LogP contribution in [0.4, 0.5) is 5.69 Å². The molecule has 2 N–H and O–H groups in total. The number of aromatic nitrogens is 1. The van der Waals surface area contributed by atoms with Gasteiger partial charge in [-0.3, -0.25) is 4.98 Å². The van der Waals surface area contributed by atoms with Crippen molar-refractivity contribution >= 4 is 15.7 Å². The second-order valence-electron chi connectivity index (χ2n) is 5.57. The first-order valence-electron chi connectivity index (χ1n) is 7.23. The van der Waals surface area contributed by atoms with E-state index in [9.17, 15) is 8.42 Å². The van der Waals surface area contributed by atoms with Crippen molar-refractivity contribution in [1.82, 2.24) is 9.29 Å². The molecule has 0 saturated carbocycles. The van der Waals surface area contributed by atoms with E-state index in [0.717, 1.165) is 30.5 Å². The normalized spacial score (nSPS) is 20.4. The fourth-order valence-corrected chi connectivity index (χ4v) is 3.67. The van der Waals surface area contributed by atoms with Crippen molar-refractivity contribution in [1.29, 1.82) is 0 Å². The van der Waals surface area contributed by atoms with E-state index in [1.54, 1.807) is 10.5 Å². The Morgan fingerprint density at radius 2 is 2.29 bits per heavy atom. The number of aliphatic hydroxyl groups excluding tert-OH is 1. The van der Waals surface area contributed by atoms with E-state index >= 15 is 0 Å². The Balaban J connectivity index is 1.97. The minimum atomic E-state index is -3.09. The first kappa shape index (κ1) is 16.2. The van der Waals surface area contributed by atoms with E-state index < -0.39 is 10.0 Å². The minimum absolute atomic E-state index is 0.0795. The number of nitrogens with one attached hydrogen (secondary N) is 1. The summed E-state index contributed by atoms with van der Waals surface area (Å²) in [6, 6.07) is 2.02. The average molecular weight is 313 g/mol. The summed E-state index contributed by atoms with van der Waals surface area (Å²) in [6.07, 6.45) is 7.60. The van der Waals surface area contributed by atoms with Gasteiger partial charge in [-0.15, -0.1) is 0 Å². The highest BCUT2D eigenvalue weighted by Gasteiger charge is 2.25. The second kappa shape index (κ2) is 7.20. The smallest absolute Gasteiger partial charge is 0.211 e. The largest absolute Gasteiger partial charge is 0.395 e. The Bertz CT molecular complexity index is 562. The summed E-state index contributed by atoms with van der Waals surface area (Å²) < 4.78 is 24.8. The van der Waals surface area contributed by atoms with Gasteiger partial charge in [-0.1, -0.05) is 0 Å². The van der Waals surface area contributed by atoms with Crippen LogP contribution in [-0.2, 0) is 16.4 Å². The predicted octanol–water partition coefficient (Wildman–Crippen LogP) is 0.700. The molecule has 118 valence electrons. The van der Waals surface area contributed by atoms with Gasteiger partial charge < -0.3 is 10.4 Å². The molecule has 0 spiro atoms. The van der Waals surface area contributed by atoms with E-state index in [2.05, 4.69) is 10.3 Å². The van der Waals surface area contributed by atoms with Crippen molar-refractivity contribution < 1.29 is 13.5 Å². The third kappa shape index (κ3) is 4.94. The summed E-state index contributed by atoms with van der Waals surface area (Å²) in [7, 11) is -3.09. The van der Waals surface area contributed by atoms with Crippen LogP contribution < -0.4 is 5.32 Å². The van der Waals surface area contributed by atoms with E-state index in [-0.39, 0.29) is 6.61 Å². The summed E-state index contributed by atoms with van der Waals surface area (Å²) in [5.41, 5.74) is 1.98. The van der Waals surface area contributed by atoms with Gasteiger partial charge in [-0.25, -0.2) is 12.7 Å². The molecule has 1 aliphatic heterocycles. The molecule has 0 bridgehead atoms. The monoisotopic (exact) mass is 313 g/mol. The van der Waals surface area contributed by atoms with Crippen LogP contribution in [-0.4, -0.2) is 55.3 Å². The number of sulfonamides is 1. The van der Waals surface area contributed by atoms with Crippen LogP contribution in [0.1, 0.15) is 18.4 Å². The molecule has 21 heavy (non-hydrogen) atoms. The second-order valence-corrected chi connectivity index (χ2v) is 7.55. The van der Waals surface area contributed by atoms with Crippen LogP contribution >= 0.6 is 0 Å². The Morgan fingerprint density at radius 3 is 3.00 bits per heavy atom. The quantitative estimate of drug-likeness (QED) is 0.808. The number of hydrogen-bond acceptors (Lipinski definition) is 5. The summed E-state index contributed by atoms with van der Waals surface area (Å²) in [4.78, 5) is 4.19. The molecule has 1 saturated heterocycles. The topological polar surface area (TPSA) is 82.5 Å². The Kier molecular flexibility index (Phi) is 5.55. The predicted molar refractivity (Wildman–Crippen MR) is 82.7 cm³/mol. The highest BCUT2D eigenvalue weighted by molar-refractivity contribution is 7.88. The van der Waals surface area contributed by atoms with Crippen LogP contribution in [0.2, 0.25) is 0 Å². The zero-order valence-electron chi connectivity index (χ0n) is 12.3. The molecule has 0 amide bonds. The molecule has 1 aromatic heterocycles. The Labute approximate surface area is 126 Å². The highest BCUT2D eigenvalue weighted by atomic mass is 32.2. The van der Waals surface area contributed by atoms with Crippen LogP contribution in [0.25, 0.3) is 0 Å². The van der Waals surface area contributed by atoms with Gasteiger partial charge >= 0.3 is 0 Å². The lowest BCUT2D eigenvalue weighted by Gasteiger charge is -2.31. The maximum Gasteiger partial charge on any atom is 0.211 e. The van der Waals surface area contributed by atoms with Gasteiger partial charge in [0.05, 0.1) is 18.6 Å². The third-order valence-electron chi connectivity index (χ3n) is 3.71. The lowest BCUT2D eigenvalue weighted by Crippen LogP contribution is -2.39. The lowest BCUT2D eigenvalue weighted by atomic mass is 9.93. The first-order chi connectivity index (χ1) is 9.99. The third-order valence-corrected chi connectivity index (χ3v) is 4.98. The molecule has 1 aliphatic rings. The molecule has 7 heteroatoms. The van der Waals surface area contributed by atoms with Gasteiger partial charge in [0.2, 0.25) is 10.0 Å². The number of aliphatic hydroxyl groups is 1. The van der Waals surface area contributed by atoms with Crippen LogP contribution in [0, 0.1) is 5.92 Å². The maximum absolute atomic E-state index is 11.6. The summed E-state index contributed by atoms with van der Waals surface area (Å²) in [6.45, 7) is 1.80. The zero-order chi connectivity index (χ0) is 15.3. The van der Waals surface area contributed by atoms with Crippen molar-refractivity contribution in [2.75, 3.05) is 37.8 Å². The van der Waals surface area contributed by atoms with Crippen molar-refractivity contribution in [2.24, 2.45) is 5.92 Å². The van der Waals surface area contributed by atoms with Gasteiger partial charge in [0.1, 0.15) is 0 Å². The number of nitrogens with zero attached hydrogens (tertiary/aromatic N) is 2. The van der Waals surface area contributed by atoms with Crippen molar-refractivity contribution in [2.45, 2.75) is 19.3 Å². The fraction of sp³-hybridized carbons (Fsp3) is 0.643. The van der Waals surface area contributed by atoms with Crippen molar-refractivity contribution in [3.63, 3.8) is 0 Å². The molecule has 2 rings (SSSR count). The Morgan fingerprint density at radius 1 is 1.48 bits per heavy atom. The standard InChI is InChI=1S/C14H23N3O3S/c1-21(19,20)17-5-2-3-12(11-17)7-13-8-14(10-15-9-13)16-4-6-18/h8-10,12,16,18H,2-7,11H2,1H3/t12-/m0/s1. The van der Waals surface area contributed by atoms with Gasteiger partial charge in [0.15, 0.2) is 0 Å². The molecule has 1 fully saturated rings. The van der Waals surface area contributed by atoms with E-state index in [1.165, 1.54) is 6.26 Å². The van der Waals surface area contributed by atoms with Crippen LogP contribution in [0.5, 0.6) is 0 Å². The summed E-state index contributed by atoms with van der Waals surface area (Å²) >= 11 is 0. The number of pyridine rings is 1. The molecule has 1 aromatic rings. The average Bonchev–Trinajstić information content (AvgIpc) is 2.45. The molecule has 0 aromatic carbocycles. The van der Waals surface area contributed by atoms with E-state index in [0.29, 0.717) is 25.6 Å². The minimum Gasteiger partial charge on any atom is -0.395 e. The van der Waals surface area contributed by atoms with E-state index in [4.69, 9.17) is 5.11 Å². The molecule has 6 nitrogen and oxygen atoms in total. The van der Waals surface area contributed by atoms with Crippen LogP contribution in [0.3, 0.4) is 0 Å². The van der Waals surface area contributed by atoms with Gasteiger partial charge in [0.25, 0.3) is 0 Å². The lowest BCUT2D eigenvalue weighted by molar-refractivity contribution is 0.266. The summed E-state index contributed by atoms with van der Waals surface area (Å²) in [5, 5.41) is 11.9. The maximum atomic E-state index is 11.6. The number of hydrogen-bond donors (Lipinski definition) is 2. The zero-order valence-corrected chi connectivity index (χ0v) is 13.1. The van der Waals surface area contributed by atoms with Gasteiger partial charge in [0, 0.05) is 32.0 Å². The highest BCUT2D eigenvalue weighted by Crippen LogP contribution is 2.23. The molecule has 2 heterocycles. The number of rotatable bonds is 6. The van der Waals surface area contributed by atoms with Crippen LogP contribution in [0.15, 0.2) is 18.5 Å². The van der Waals surface area contributed by atoms with Crippen molar-refractivity contribution in [3.05, 3.63) is 24.0 Å². The van der Waals surface area contributed by atoms with Crippen molar-refractivity contribution in [3.8, 4) is 0 Å². The molecule has 1 atom stereocenters. The molecular weight excluding hydrogens is 290 g/mol. The molecule has 0 radical (unpaired) electrons. The summed E-state index contributed by atoms with van der Waals surface area (Å²) in [5.74, 6) is 0.336. The molecule has 0 unspecified atom stereocenters. The number of piperidine rings is 1. The number of anilines is 1. The van der Waals surface area contributed by atoms with Gasteiger partial charge in [-0.2, -0.15) is 0 Å². The molecular formula is C14H23N3O3S. The molecule has 0 aliphatic carbocycles. The SMILES string of the molecule is CS(=O)(=O)N1CCC[C@@H](Cc2cncc(NCCO)c2)C1. The fourth-order valence-electron chi connectivity index (χ4n) is 2.72. The van der Waals surface area contributed by atoms with Gasteiger partial charge in [-0.05, 0) is 36.8 Å². The van der Waals surface area contributed by atoms with E-state index in [1.807, 2.05) is 12.3 Å². The Hall–Kier alpha value is -1.18.